The summed E-state index contributed by atoms with van der Waals surface area (Å²) in [5.74, 6) is 5.11. The topological polar surface area (TPSA) is 109 Å². The van der Waals surface area contributed by atoms with Crippen molar-refractivity contribution >= 4 is 22.0 Å². The van der Waals surface area contributed by atoms with E-state index in [4.69, 9.17) is 5.90 Å². The average molecular weight is 369 g/mol. The highest BCUT2D eigenvalue weighted by molar-refractivity contribution is 7.86. The number of anilines is 1. The van der Waals surface area contributed by atoms with Crippen LogP contribution in [-0.4, -0.2) is 66.7 Å². The summed E-state index contributed by atoms with van der Waals surface area (Å²) in [6, 6.07) is 4.82. The molecule has 10 heteroatoms. The molecule has 3 heterocycles. The number of carbonyl (C=O) groups is 1. The highest BCUT2D eigenvalue weighted by Gasteiger charge is 2.41. The third-order valence-corrected chi connectivity index (χ3v) is 6.72. The zero-order valence-electron chi connectivity index (χ0n) is 14.0. The lowest BCUT2D eigenvalue weighted by atomic mass is 10.1. The number of hydrogen-bond acceptors (Lipinski definition) is 7. The van der Waals surface area contributed by atoms with Gasteiger partial charge in [0.15, 0.2) is 0 Å². The number of hydrogen-bond donors (Lipinski definition) is 1. The number of rotatable bonds is 4. The van der Waals surface area contributed by atoms with Gasteiger partial charge < -0.3 is 9.74 Å². The third-order valence-electron chi connectivity index (χ3n) is 4.68. The zero-order chi connectivity index (χ0) is 17.9. The van der Waals surface area contributed by atoms with Gasteiger partial charge in [0.2, 0.25) is 0 Å². The van der Waals surface area contributed by atoms with E-state index >= 15 is 0 Å². The van der Waals surface area contributed by atoms with Crippen molar-refractivity contribution in [3.8, 4) is 0 Å². The molecule has 0 unspecified atom stereocenters. The highest BCUT2D eigenvalue weighted by Crippen LogP contribution is 2.24. The van der Waals surface area contributed by atoms with Crippen LogP contribution < -0.4 is 10.8 Å². The van der Waals surface area contributed by atoms with E-state index in [2.05, 4.69) is 9.82 Å². The smallest absolute Gasteiger partial charge is 0.342 e. The quantitative estimate of drug-likeness (QED) is 0.727. The molecule has 1 aromatic heterocycles. The number of piperazine rings is 1. The Morgan fingerprint density at radius 1 is 1.16 bits per heavy atom. The van der Waals surface area contributed by atoms with Crippen molar-refractivity contribution < 1.29 is 18.0 Å². The number of aromatic nitrogens is 1. The Bertz CT molecular complexity index is 691. The number of piperidine rings is 1. The first-order valence-electron chi connectivity index (χ1n) is 8.37. The number of nitrogens with zero attached hydrogens (tertiary/aromatic N) is 4. The second kappa shape index (κ2) is 7.65. The van der Waals surface area contributed by atoms with E-state index in [0.717, 1.165) is 18.7 Å². The minimum absolute atomic E-state index is 0.308. The fraction of sp³-hybridized carbons (Fsp3) is 0.600. The molecule has 0 saturated carbocycles. The van der Waals surface area contributed by atoms with Crippen LogP contribution in [0.2, 0.25) is 0 Å². The highest BCUT2D eigenvalue weighted by atomic mass is 32.2. The number of pyridine rings is 1. The summed E-state index contributed by atoms with van der Waals surface area (Å²) in [6.07, 6.45) is 3.65. The summed E-state index contributed by atoms with van der Waals surface area (Å²) < 4.78 is 28.6. The van der Waals surface area contributed by atoms with Crippen LogP contribution in [0.5, 0.6) is 0 Å². The first-order valence-corrected chi connectivity index (χ1v) is 9.77. The molecule has 3 rings (SSSR count). The van der Waals surface area contributed by atoms with Crippen LogP contribution in [-0.2, 0) is 19.8 Å². The van der Waals surface area contributed by atoms with Gasteiger partial charge in [-0.05, 0) is 31.4 Å². The van der Waals surface area contributed by atoms with Crippen LogP contribution in [0.25, 0.3) is 0 Å². The van der Waals surface area contributed by atoms with Gasteiger partial charge in [-0.2, -0.15) is 22.9 Å². The Morgan fingerprint density at radius 3 is 2.56 bits per heavy atom. The van der Waals surface area contributed by atoms with Gasteiger partial charge in [0.25, 0.3) is 10.2 Å². The molecule has 2 N–H and O–H groups in total. The Morgan fingerprint density at radius 2 is 1.92 bits per heavy atom. The van der Waals surface area contributed by atoms with Gasteiger partial charge in [-0.3, -0.25) is 0 Å². The van der Waals surface area contributed by atoms with Gasteiger partial charge in [-0.25, -0.2) is 9.78 Å². The van der Waals surface area contributed by atoms with Crippen molar-refractivity contribution in [1.29, 1.82) is 0 Å². The van der Waals surface area contributed by atoms with E-state index in [-0.39, 0.29) is 0 Å². The Balaban J connectivity index is 1.69. The summed E-state index contributed by atoms with van der Waals surface area (Å²) >= 11 is 0. The van der Waals surface area contributed by atoms with Gasteiger partial charge in [-0.1, -0.05) is 6.07 Å². The van der Waals surface area contributed by atoms with Crippen LogP contribution in [0, 0.1) is 0 Å². The summed E-state index contributed by atoms with van der Waals surface area (Å²) in [7, 11) is -3.73. The maximum Gasteiger partial charge on any atom is 0.342 e. The van der Waals surface area contributed by atoms with Gasteiger partial charge in [0.05, 0.1) is 0 Å². The SMILES string of the molecule is NOC(=O)[C@H]1CCCCN1S(=O)(=O)N1CCN(c2ccccn2)CC1. The molecule has 0 aliphatic carbocycles. The van der Waals surface area contributed by atoms with Crippen molar-refractivity contribution in [3.63, 3.8) is 0 Å². The minimum Gasteiger partial charge on any atom is -0.372 e. The van der Waals surface area contributed by atoms with Gasteiger partial charge in [0, 0.05) is 38.9 Å². The molecule has 25 heavy (non-hydrogen) atoms. The Labute approximate surface area is 147 Å². The monoisotopic (exact) mass is 369 g/mol. The minimum atomic E-state index is -3.73. The fourth-order valence-corrected chi connectivity index (χ4v) is 5.13. The maximum atomic E-state index is 13.0. The van der Waals surface area contributed by atoms with Crippen molar-refractivity contribution in [1.82, 2.24) is 13.6 Å². The molecule has 1 atom stereocenters. The van der Waals surface area contributed by atoms with E-state index < -0.39 is 22.2 Å². The molecular formula is C15H23N5O4S. The van der Waals surface area contributed by atoms with Crippen LogP contribution in [0.4, 0.5) is 5.82 Å². The Hall–Kier alpha value is -1.75. The van der Waals surface area contributed by atoms with Gasteiger partial charge in [-0.15, -0.1) is 0 Å². The molecular weight excluding hydrogens is 346 g/mol. The van der Waals surface area contributed by atoms with E-state index in [1.165, 1.54) is 8.61 Å². The molecule has 2 fully saturated rings. The summed E-state index contributed by atoms with van der Waals surface area (Å²) in [5.41, 5.74) is 0. The lowest BCUT2D eigenvalue weighted by Gasteiger charge is -2.40. The molecule has 9 nitrogen and oxygen atoms in total. The van der Waals surface area contributed by atoms with E-state index in [0.29, 0.717) is 39.1 Å². The molecule has 0 radical (unpaired) electrons. The third kappa shape index (κ3) is 3.76. The predicted octanol–water partition coefficient (Wildman–Crippen LogP) is -0.280. The molecule has 2 aliphatic heterocycles. The molecule has 0 aromatic carbocycles. The molecule has 0 spiro atoms. The van der Waals surface area contributed by atoms with Gasteiger partial charge >= 0.3 is 5.97 Å². The van der Waals surface area contributed by atoms with Crippen molar-refractivity contribution in [2.45, 2.75) is 25.3 Å². The molecule has 138 valence electrons. The van der Waals surface area contributed by atoms with Gasteiger partial charge in [0.1, 0.15) is 11.9 Å². The molecule has 2 aliphatic rings. The standard InChI is InChI=1S/C15H23N5O4S/c16-24-15(21)13-5-2-4-8-20(13)25(22,23)19-11-9-18(10-12-19)14-6-1-3-7-17-14/h1,3,6-7,13H,2,4-5,8-12,16H2/t13-/m1/s1. The lowest BCUT2D eigenvalue weighted by Crippen LogP contribution is -2.58. The van der Waals surface area contributed by atoms with Crippen LogP contribution in [0.3, 0.4) is 0 Å². The van der Waals surface area contributed by atoms with Crippen LogP contribution in [0.1, 0.15) is 19.3 Å². The number of carbonyl (C=O) groups excluding carboxylic acids is 1. The average Bonchev–Trinajstić information content (AvgIpc) is 2.68. The van der Waals surface area contributed by atoms with Crippen molar-refractivity contribution in [2.75, 3.05) is 37.6 Å². The first kappa shape index (κ1) is 18.1. The molecule has 1 aromatic rings. The van der Waals surface area contributed by atoms with Crippen molar-refractivity contribution in [2.24, 2.45) is 5.90 Å². The maximum absolute atomic E-state index is 13.0. The molecule has 0 bridgehead atoms. The number of nitrogens with two attached hydrogens (primary N) is 1. The fourth-order valence-electron chi connectivity index (χ4n) is 3.33. The normalized spacial score (nSPS) is 23.4. The van der Waals surface area contributed by atoms with E-state index in [9.17, 15) is 13.2 Å². The second-order valence-corrected chi connectivity index (χ2v) is 8.02. The summed E-state index contributed by atoms with van der Waals surface area (Å²) in [6.45, 7) is 2.11. The van der Waals surface area contributed by atoms with Crippen LogP contribution in [0.15, 0.2) is 24.4 Å². The zero-order valence-corrected chi connectivity index (χ0v) is 14.8. The lowest BCUT2D eigenvalue weighted by molar-refractivity contribution is -0.149. The van der Waals surface area contributed by atoms with Crippen LogP contribution >= 0.6 is 0 Å². The van der Waals surface area contributed by atoms with E-state index in [1.807, 2.05) is 23.1 Å². The van der Waals surface area contributed by atoms with Crippen molar-refractivity contribution in [3.05, 3.63) is 24.4 Å². The second-order valence-electron chi connectivity index (χ2n) is 6.14. The first-order chi connectivity index (χ1) is 12.0. The predicted molar refractivity (Wildman–Crippen MR) is 91.6 cm³/mol. The summed E-state index contributed by atoms with van der Waals surface area (Å²) in [5, 5.41) is 0. The molecule has 0 amide bonds. The Kier molecular flexibility index (Phi) is 5.52. The summed E-state index contributed by atoms with van der Waals surface area (Å²) in [4.78, 5) is 22.5. The molecule has 2 saturated heterocycles. The van der Waals surface area contributed by atoms with E-state index in [1.54, 1.807) is 6.20 Å². The largest absolute Gasteiger partial charge is 0.372 e.